The van der Waals surface area contributed by atoms with E-state index in [1.807, 2.05) is 7.05 Å². The smallest absolute Gasteiger partial charge is 0.331 e. The van der Waals surface area contributed by atoms with Crippen molar-refractivity contribution >= 4 is 23.8 Å². The Balaban J connectivity index is 1.86. The van der Waals surface area contributed by atoms with Crippen LogP contribution in [0.4, 0.5) is 0 Å². The molecule has 0 fully saturated rings. The Morgan fingerprint density at radius 3 is 2.62 bits per heavy atom. The molecule has 34 heavy (non-hydrogen) atoms. The first-order chi connectivity index (χ1) is 16.1. The summed E-state index contributed by atoms with van der Waals surface area (Å²) >= 11 is 0. The van der Waals surface area contributed by atoms with E-state index in [2.05, 4.69) is 31.8 Å². The van der Waals surface area contributed by atoms with Gasteiger partial charge in [-0.25, -0.2) is 9.78 Å². The lowest BCUT2D eigenvalue weighted by molar-refractivity contribution is -0.151. The molecule has 0 amide bonds. The topological polar surface area (TPSA) is 87.5 Å². The molecule has 0 saturated carbocycles. The summed E-state index contributed by atoms with van der Waals surface area (Å²) in [5, 5.41) is 0. The molecule has 5 atom stereocenters. The van der Waals surface area contributed by atoms with Gasteiger partial charge in [0.25, 0.3) is 0 Å². The van der Waals surface area contributed by atoms with E-state index in [0.29, 0.717) is 30.4 Å². The van der Waals surface area contributed by atoms with Gasteiger partial charge in [-0.3, -0.25) is 9.59 Å². The largest absolute Gasteiger partial charge is 0.462 e. The highest BCUT2D eigenvalue weighted by Gasteiger charge is 2.40. The fourth-order valence-corrected chi connectivity index (χ4v) is 5.23. The first kappa shape index (κ1) is 25.7. The number of aryl methyl sites for hydroxylation is 1. The van der Waals surface area contributed by atoms with Crippen LogP contribution in [0.2, 0.25) is 0 Å². The molecule has 0 bridgehead atoms. The van der Waals surface area contributed by atoms with Crippen molar-refractivity contribution in [2.75, 3.05) is 0 Å². The second-order valence-corrected chi connectivity index (χ2v) is 9.83. The molecule has 0 aliphatic heterocycles. The predicted molar refractivity (Wildman–Crippen MR) is 129 cm³/mol. The van der Waals surface area contributed by atoms with Gasteiger partial charge < -0.3 is 14.0 Å². The van der Waals surface area contributed by atoms with Gasteiger partial charge in [-0.1, -0.05) is 31.6 Å². The lowest BCUT2D eigenvalue weighted by Gasteiger charge is -2.42. The summed E-state index contributed by atoms with van der Waals surface area (Å²) in [6.07, 6.45) is 13.2. The Kier molecular flexibility index (Phi) is 8.64. The molecule has 1 aromatic heterocycles. The molecular weight excluding hydrogens is 432 g/mol. The van der Waals surface area contributed by atoms with E-state index >= 15 is 0 Å². The van der Waals surface area contributed by atoms with Gasteiger partial charge in [0.2, 0.25) is 0 Å². The van der Waals surface area contributed by atoms with E-state index in [-0.39, 0.29) is 29.7 Å². The number of hydrogen-bond acceptors (Lipinski definition) is 6. The van der Waals surface area contributed by atoms with Crippen molar-refractivity contribution in [1.82, 2.24) is 9.55 Å². The van der Waals surface area contributed by atoms with Crippen LogP contribution < -0.4 is 0 Å². The standard InChI is InChI=1S/C27H36N2O5/c1-17(2)22-11-9-18(3)23-14-26(34-27(32)12-10-20-15-29(5)16-28-20)25(31)8-6-7-21(13-24(22)23)33-19(4)30/h6,8-10,12,15-17,21-24,26H,7,11,13-14H2,1-5H3/b8-6-,12-10+/t21-,22-,23+,24?,26+/m1/s1. The van der Waals surface area contributed by atoms with Crippen LogP contribution in [0, 0.1) is 23.7 Å². The number of esters is 2. The zero-order valence-electron chi connectivity index (χ0n) is 20.8. The summed E-state index contributed by atoms with van der Waals surface area (Å²) in [6.45, 7) is 7.92. The van der Waals surface area contributed by atoms with E-state index in [1.165, 1.54) is 24.6 Å². The van der Waals surface area contributed by atoms with Crippen LogP contribution in [0.1, 0.15) is 59.1 Å². The highest BCUT2D eigenvalue weighted by atomic mass is 16.5. The zero-order chi connectivity index (χ0) is 24.8. The van der Waals surface area contributed by atoms with E-state index in [4.69, 9.17) is 9.47 Å². The highest BCUT2D eigenvalue weighted by Crippen LogP contribution is 2.44. The van der Waals surface area contributed by atoms with Crippen LogP contribution in [0.3, 0.4) is 0 Å². The normalized spacial score (nSPS) is 28.8. The number of hydrogen-bond donors (Lipinski definition) is 0. The average Bonchev–Trinajstić information content (AvgIpc) is 3.18. The predicted octanol–water partition coefficient (Wildman–Crippen LogP) is 4.44. The fraction of sp³-hybridized carbons (Fsp3) is 0.556. The van der Waals surface area contributed by atoms with Gasteiger partial charge in [0.1, 0.15) is 6.10 Å². The van der Waals surface area contributed by atoms with Gasteiger partial charge in [0.05, 0.1) is 12.0 Å². The number of ketones is 1. The average molecular weight is 469 g/mol. The van der Waals surface area contributed by atoms with Gasteiger partial charge in [0, 0.05) is 32.7 Å². The number of carbonyl (C=O) groups is 3. The summed E-state index contributed by atoms with van der Waals surface area (Å²) < 4.78 is 13.1. The molecule has 0 saturated heterocycles. The summed E-state index contributed by atoms with van der Waals surface area (Å²) in [5.41, 5.74) is 1.84. The molecule has 1 heterocycles. The van der Waals surface area contributed by atoms with Gasteiger partial charge in [-0.05, 0) is 62.0 Å². The first-order valence-electron chi connectivity index (χ1n) is 12.0. The number of rotatable bonds is 5. The number of ether oxygens (including phenoxy) is 2. The maximum absolute atomic E-state index is 13.0. The maximum atomic E-state index is 13.0. The molecule has 0 N–H and O–H groups in total. The molecule has 0 radical (unpaired) electrons. The van der Waals surface area contributed by atoms with Gasteiger partial charge in [-0.2, -0.15) is 0 Å². The van der Waals surface area contributed by atoms with Crippen LogP contribution in [0.25, 0.3) is 6.08 Å². The Morgan fingerprint density at radius 1 is 1.21 bits per heavy atom. The molecule has 7 nitrogen and oxygen atoms in total. The molecule has 2 aliphatic carbocycles. The van der Waals surface area contributed by atoms with Crippen molar-refractivity contribution in [3.63, 3.8) is 0 Å². The number of imidazole rings is 1. The first-order valence-corrected chi connectivity index (χ1v) is 12.0. The van der Waals surface area contributed by atoms with E-state index < -0.39 is 12.1 Å². The quantitative estimate of drug-likeness (QED) is 0.361. The molecule has 2 aliphatic rings. The number of allylic oxidation sites excluding steroid dienone is 2. The molecule has 0 aromatic carbocycles. The molecule has 1 aromatic rings. The zero-order valence-corrected chi connectivity index (χ0v) is 20.8. The minimum absolute atomic E-state index is 0.0622. The van der Waals surface area contributed by atoms with Crippen LogP contribution in [0.15, 0.2) is 42.4 Å². The molecule has 7 heteroatoms. The minimum Gasteiger partial charge on any atom is -0.462 e. The number of carbonyl (C=O) groups excluding carboxylic acids is 3. The molecule has 3 rings (SSSR count). The molecular formula is C27H36N2O5. The Hall–Kier alpha value is -2.96. The Bertz CT molecular complexity index is 987. The second-order valence-electron chi connectivity index (χ2n) is 9.83. The van der Waals surface area contributed by atoms with Crippen molar-refractivity contribution in [2.24, 2.45) is 30.7 Å². The van der Waals surface area contributed by atoms with E-state index in [0.717, 1.165) is 12.8 Å². The molecule has 1 unspecified atom stereocenters. The van der Waals surface area contributed by atoms with E-state index in [9.17, 15) is 14.4 Å². The minimum atomic E-state index is -0.871. The van der Waals surface area contributed by atoms with Crippen molar-refractivity contribution in [1.29, 1.82) is 0 Å². The van der Waals surface area contributed by atoms with E-state index in [1.54, 1.807) is 29.2 Å². The fourth-order valence-electron chi connectivity index (χ4n) is 5.23. The molecule has 0 spiro atoms. The van der Waals surface area contributed by atoms with Crippen LogP contribution in [0.5, 0.6) is 0 Å². The lowest BCUT2D eigenvalue weighted by atomic mass is 9.64. The van der Waals surface area contributed by atoms with Crippen molar-refractivity contribution in [3.8, 4) is 0 Å². The van der Waals surface area contributed by atoms with Crippen LogP contribution >= 0.6 is 0 Å². The van der Waals surface area contributed by atoms with Crippen LogP contribution in [-0.4, -0.2) is 39.5 Å². The molecule has 184 valence electrons. The second kappa shape index (κ2) is 11.4. The van der Waals surface area contributed by atoms with Gasteiger partial charge >= 0.3 is 11.9 Å². The Labute approximate surface area is 201 Å². The summed E-state index contributed by atoms with van der Waals surface area (Å²) in [5.74, 6) is -0.0138. The third-order valence-corrected chi connectivity index (χ3v) is 6.93. The monoisotopic (exact) mass is 468 g/mol. The maximum Gasteiger partial charge on any atom is 0.331 e. The van der Waals surface area contributed by atoms with Gasteiger partial charge in [-0.15, -0.1) is 0 Å². The third-order valence-electron chi connectivity index (χ3n) is 6.93. The highest BCUT2D eigenvalue weighted by molar-refractivity contribution is 5.96. The third kappa shape index (κ3) is 6.78. The summed E-state index contributed by atoms with van der Waals surface area (Å²) in [4.78, 5) is 41.5. The lowest BCUT2D eigenvalue weighted by Crippen LogP contribution is -2.39. The summed E-state index contributed by atoms with van der Waals surface area (Å²) in [7, 11) is 1.85. The number of nitrogens with zero attached hydrogens (tertiary/aromatic N) is 2. The SMILES string of the molecule is CC(=O)O[C@@H]1C/C=C\C(=O)[C@@H](OC(=O)/C=C/c2cn(C)cn2)C[C@H]2C(C)=CC[C@H](C(C)C)C2C1. The summed E-state index contributed by atoms with van der Waals surface area (Å²) in [6, 6.07) is 0. The Morgan fingerprint density at radius 2 is 1.97 bits per heavy atom. The van der Waals surface area contributed by atoms with Crippen LogP contribution in [-0.2, 0) is 30.9 Å². The van der Waals surface area contributed by atoms with Crippen molar-refractivity contribution < 1.29 is 23.9 Å². The number of aromatic nitrogens is 2. The van der Waals surface area contributed by atoms with Crippen molar-refractivity contribution in [2.45, 2.75) is 65.6 Å². The number of fused-ring (bicyclic) bond motifs is 1. The van der Waals surface area contributed by atoms with Gasteiger partial charge in [0.15, 0.2) is 11.9 Å². The van der Waals surface area contributed by atoms with Crippen molar-refractivity contribution in [3.05, 3.63) is 48.1 Å².